The molecule has 0 aromatic rings. The van der Waals surface area contributed by atoms with E-state index in [0.717, 1.165) is 6.42 Å². The molecule has 1 fully saturated rings. The smallest absolute Gasteiger partial charge is 0.192 e. The van der Waals surface area contributed by atoms with Crippen molar-refractivity contribution in [2.75, 3.05) is 13.2 Å². The lowest BCUT2D eigenvalue weighted by molar-refractivity contribution is -0.151. The van der Waals surface area contributed by atoms with Gasteiger partial charge >= 0.3 is 0 Å². The SMILES string of the molecule is C[C@@H](CCC(=O)CCC1(C)OCCO1)O[Si](C)(C)C(C)(C)C. The van der Waals surface area contributed by atoms with Gasteiger partial charge in [-0.05, 0) is 38.4 Å². The Labute approximate surface area is 137 Å². The minimum Gasteiger partial charge on any atom is -0.414 e. The molecule has 0 radical (unpaired) electrons. The lowest BCUT2D eigenvalue weighted by atomic mass is 10.0. The lowest BCUT2D eigenvalue weighted by Crippen LogP contribution is -2.43. The molecule has 1 heterocycles. The fourth-order valence-corrected chi connectivity index (χ4v) is 3.77. The van der Waals surface area contributed by atoms with Crippen molar-refractivity contribution in [3.05, 3.63) is 0 Å². The highest BCUT2D eigenvalue weighted by atomic mass is 28.4. The van der Waals surface area contributed by atoms with Gasteiger partial charge in [-0.2, -0.15) is 0 Å². The van der Waals surface area contributed by atoms with E-state index in [1.807, 2.05) is 6.92 Å². The molecule has 130 valence electrons. The average Bonchev–Trinajstić information content (AvgIpc) is 2.79. The van der Waals surface area contributed by atoms with Crippen LogP contribution in [0.15, 0.2) is 0 Å². The molecule has 1 saturated heterocycles. The minimum absolute atomic E-state index is 0.138. The molecular weight excluding hydrogens is 296 g/mol. The lowest BCUT2D eigenvalue weighted by Gasteiger charge is -2.38. The van der Waals surface area contributed by atoms with Gasteiger partial charge in [-0.1, -0.05) is 20.8 Å². The summed E-state index contributed by atoms with van der Waals surface area (Å²) in [6.07, 6.45) is 2.67. The Balaban J connectivity index is 2.28. The first-order valence-corrected chi connectivity index (χ1v) is 11.3. The van der Waals surface area contributed by atoms with Gasteiger partial charge < -0.3 is 13.9 Å². The number of carbonyl (C=O) groups is 1. The standard InChI is InChI=1S/C17H34O4Si/c1-14(21-22(6,7)16(2,3)4)8-9-15(18)10-11-17(5)19-12-13-20-17/h14H,8-13H2,1-7H3/t14-/m0/s1. The molecule has 0 aliphatic carbocycles. The Morgan fingerprint density at radius 3 is 2.27 bits per heavy atom. The van der Waals surface area contributed by atoms with Gasteiger partial charge in [-0.3, -0.25) is 4.79 Å². The van der Waals surface area contributed by atoms with Crippen LogP contribution in [0.4, 0.5) is 0 Å². The van der Waals surface area contributed by atoms with Crippen molar-refractivity contribution in [2.45, 2.75) is 90.3 Å². The van der Waals surface area contributed by atoms with Crippen molar-refractivity contribution in [3.8, 4) is 0 Å². The molecule has 0 bridgehead atoms. The van der Waals surface area contributed by atoms with E-state index >= 15 is 0 Å². The van der Waals surface area contributed by atoms with E-state index in [0.29, 0.717) is 32.5 Å². The Kier molecular flexibility index (Phi) is 6.81. The first-order valence-electron chi connectivity index (χ1n) is 8.43. The Morgan fingerprint density at radius 2 is 1.77 bits per heavy atom. The third-order valence-corrected chi connectivity index (χ3v) is 9.49. The predicted octanol–water partition coefficient (Wildman–Crippen LogP) is 4.29. The molecule has 0 aromatic carbocycles. The quantitative estimate of drug-likeness (QED) is 0.623. The minimum atomic E-state index is -1.74. The first-order chi connectivity index (χ1) is 9.95. The number of ether oxygens (including phenoxy) is 2. The van der Waals surface area contributed by atoms with Crippen LogP contribution in [0.5, 0.6) is 0 Å². The largest absolute Gasteiger partial charge is 0.414 e. The van der Waals surface area contributed by atoms with Crippen LogP contribution in [-0.2, 0) is 18.7 Å². The van der Waals surface area contributed by atoms with Crippen LogP contribution < -0.4 is 0 Å². The highest BCUT2D eigenvalue weighted by Gasteiger charge is 2.38. The van der Waals surface area contributed by atoms with Crippen molar-refractivity contribution < 1.29 is 18.7 Å². The van der Waals surface area contributed by atoms with E-state index in [9.17, 15) is 4.79 Å². The van der Waals surface area contributed by atoms with Crippen LogP contribution >= 0.6 is 0 Å². The van der Waals surface area contributed by atoms with Gasteiger partial charge in [0.15, 0.2) is 14.1 Å². The summed E-state index contributed by atoms with van der Waals surface area (Å²) in [6, 6.07) is 0. The van der Waals surface area contributed by atoms with Crippen molar-refractivity contribution in [2.24, 2.45) is 0 Å². The summed E-state index contributed by atoms with van der Waals surface area (Å²) < 4.78 is 17.3. The molecule has 22 heavy (non-hydrogen) atoms. The van der Waals surface area contributed by atoms with Crippen LogP contribution in [0.2, 0.25) is 18.1 Å². The van der Waals surface area contributed by atoms with Crippen molar-refractivity contribution >= 4 is 14.1 Å². The maximum atomic E-state index is 12.1. The van der Waals surface area contributed by atoms with Gasteiger partial charge in [-0.25, -0.2) is 0 Å². The maximum absolute atomic E-state index is 12.1. The fourth-order valence-electron chi connectivity index (χ4n) is 2.30. The van der Waals surface area contributed by atoms with Gasteiger partial charge in [-0.15, -0.1) is 0 Å². The third kappa shape index (κ3) is 6.11. The molecular formula is C17H34O4Si. The number of carbonyl (C=O) groups excluding carboxylic acids is 1. The zero-order valence-electron chi connectivity index (χ0n) is 15.5. The Morgan fingerprint density at radius 1 is 1.23 bits per heavy atom. The number of ketones is 1. The molecule has 5 heteroatoms. The summed E-state index contributed by atoms with van der Waals surface area (Å²) in [6.45, 7) is 16.5. The number of Topliss-reactive ketones (excluding diaryl/α,β-unsaturated/α-hetero) is 1. The second-order valence-corrected chi connectivity index (χ2v) is 12.9. The van der Waals surface area contributed by atoms with Gasteiger partial charge in [0.1, 0.15) is 5.78 Å². The molecule has 1 atom stereocenters. The summed E-state index contributed by atoms with van der Waals surface area (Å²) in [4.78, 5) is 12.1. The summed E-state index contributed by atoms with van der Waals surface area (Å²) in [5, 5.41) is 0.205. The van der Waals surface area contributed by atoms with Crippen LogP contribution in [0.25, 0.3) is 0 Å². The normalized spacial score (nSPS) is 20.1. The monoisotopic (exact) mass is 330 g/mol. The summed E-state index contributed by atoms with van der Waals surface area (Å²) >= 11 is 0. The topological polar surface area (TPSA) is 44.8 Å². The summed E-state index contributed by atoms with van der Waals surface area (Å²) in [5.74, 6) is -0.287. The van der Waals surface area contributed by atoms with Crippen LogP contribution in [0, 0.1) is 0 Å². The highest BCUT2D eigenvalue weighted by molar-refractivity contribution is 6.74. The van der Waals surface area contributed by atoms with E-state index in [-0.39, 0.29) is 16.9 Å². The summed E-state index contributed by atoms with van der Waals surface area (Å²) in [7, 11) is -1.74. The number of rotatable bonds is 8. The number of hydrogen-bond acceptors (Lipinski definition) is 4. The second-order valence-electron chi connectivity index (χ2n) is 8.10. The molecule has 0 aromatic heterocycles. The molecule has 0 N–H and O–H groups in total. The van der Waals surface area contributed by atoms with Gasteiger partial charge in [0.05, 0.1) is 13.2 Å². The van der Waals surface area contributed by atoms with Crippen molar-refractivity contribution in [1.82, 2.24) is 0 Å². The molecule has 0 saturated carbocycles. The summed E-state index contributed by atoms with van der Waals surface area (Å²) in [5.41, 5.74) is 0. The average molecular weight is 331 g/mol. The second kappa shape index (κ2) is 7.56. The third-order valence-electron chi connectivity index (χ3n) is 4.89. The predicted molar refractivity (Wildman–Crippen MR) is 91.5 cm³/mol. The van der Waals surface area contributed by atoms with E-state index in [2.05, 4.69) is 40.8 Å². The molecule has 0 unspecified atom stereocenters. The van der Waals surface area contributed by atoms with E-state index in [1.165, 1.54) is 0 Å². The highest BCUT2D eigenvalue weighted by Crippen LogP contribution is 2.37. The zero-order valence-corrected chi connectivity index (χ0v) is 16.5. The fraction of sp³-hybridized carbons (Fsp3) is 0.941. The molecule has 4 nitrogen and oxygen atoms in total. The van der Waals surface area contributed by atoms with Crippen molar-refractivity contribution in [1.29, 1.82) is 0 Å². The molecule has 1 aliphatic heterocycles. The van der Waals surface area contributed by atoms with Crippen LogP contribution in [0.3, 0.4) is 0 Å². The number of hydrogen-bond donors (Lipinski definition) is 0. The van der Waals surface area contributed by atoms with Gasteiger partial charge in [0.2, 0.25) is 0 Å². The van der Waals surface area contributed by atoms with E-state index in [4.69, 9.17) is 13.9 Å². The van der Waals surface area contributed by atoms with Crippen molar-refractivity contribution in [3.63, 3.8) is 0 Å². The first kappa shape index (κ1) is 19.8. The maximum Gasteiger partial charge on any atom is 0.192 e. The zero-order chi connectivity index (χ0) is 17.0. The molecule has 0 amide bonds. The van der Waals surface area contributed by atoms with Gasteiger partial charge in [0, 0.05) is 25.4 Å². The van der Waals surface area contributed by atoms with Gasteiger partial charge in [0.25, 0.3) is 0 Å². The molecule has 1 aliphatic rings. The van der Waals surface area contributed by atoms with Crippen LogP contribution in [0.1, 0.15) is 60.3 Å². The molecule has 1 rings (SSSR count). The van der Waals surface area contributed by atoms with E-state index < -0.39 is 14.1 Å². The Bertz CT molecular complexity index is 367. The molecule has 0 spiro atoms. The van der Waals surface area contributed by atoms with E-state index in [1.54, 1.807) is 0 Å². The van der Waals surface area contributed by atoms with Crippen LogP contribution in [-0.4, -0.2) is 39.2 Å². The Hall–Kier alpha value is -0.233.